The summed E-state index contributed by atoms with van der Waals surface area (Å²) < 4.78 is 5.34. The average molecular weight is 226 g/mol. The second-order valence-electron chi connectivity index (χ2n) is 3.91. The minimum absolute atomic E-state index is 0.677. The third-order valence-corrected chi connectivity index (χ3v) is 2.73. The number of aryl methyl sites for hydroxylation is 1. The van der Waals surface area contributed by atoms with E-state index in [-0.39, 0.29) is 0 Å². The molecule has 2 rings (SSSR count). The van der Waals surface area contributed by atoms with E-state index in [1.54, 1.807) is 7.11 Å². The zero-order valence-corrected chi connectivity index (χ0v) is 9.94. The van der Waals surface area contributed by atoms with Crippen LogP contribution in [-0.2, 0) is 0 Å². The summed E-state index contributed by atoms with van der Waals surface area (Å²) in [6, 6.07) is 13.5. The third-order valence-electron chi connectivity index (χ3n) is 2.73. The average Bonchev–Trinajstić information content (AvgIpc) is 2.38. The van der Waals surface area contributed by atoms with Crippen molar-refractivity contribution in [3.05, 3.63) is 53.6 Å². The normalized spacial score (nSPS) is 10.0. The van der Waals surface area contributed by atoms with Crippen molar-refractivity contribution in [2.75, 3.05) is 7.11 Å². The lowest BCUT2D eigenvalue weighted by Gasteiger charge is -2.11. The molecular formula is C15H14O2. The molecule has 0 heterocycles. The van der Waals surface area contributed by atoms with E-state index < -0.39 is 0 Å². The van der Waals surface area contributed by atoms with Gasteiger partial charge in [0.05, 0.1) is 7.11 Å². The maximum atomic E-state index is 11.0. The van der Waals surface area contributed by atoms with E-state index in [9.17, 15) is 4.79 Å². The molecule has 0 saturated carbocycles. The van der Waals surface area contributed by atoms with Gasteiger partial charge in [-0.15, -0.1) is 0 Å². The van der Waals surface area contributed by atoms with Gasteiger partial charge in [-0.1, -0.05) is 35.9 Å². The molecule has 0 bridgehead atoms. The molecule has 0 amide bonds. The minimum atomic E-state index is 0.677. The van der Waals surface area contributed by atoms with Gasteiger partial charge in [-0.2, -0.15) is 0 Å². The highest BCUT2D eigenvalue weighted by Gasteiger charge is 2.09. The van der Waals surface area contributed by atoms with Gasteiger partial charge in [0.15, 0.2) is 6.29 Å². The maximum Gasteiger partial charge on any atom is 0.150 e. The first-order chi connectivity index (χ1) is 8.26. The van der Waals surface area contributed by atoms with Crippen molar-refractivity contribution in [2.24, 2.45) is 0 Å². The first kappa shape index (κ1) is 11.4. The topological polar surface area (TPSA) is 26.3 Å². The van der Waals surface area contributed by atoms with Crippen LogP contribution in [-0.4, -0.2) is 13.4 Å². The molecule has 0 unspecified atom stereocenters. The number of aldehydes is 1. The van der Waals surface area contributed by atoms with Crippen LogP contribution in [0.5, 0.6) is 5.75 Å². The smallest absolute Gasteiger partial charge is 0.150 e. The number of carbonyl (C=O) groups excluding carboxylic acids is 1. The number of benzene rings is 2. The Morgan fingerprint density at radius 1 is 1.06 bits per heavy atom. The number of ether oxygens (including phenoxy) is 1. The lowest BCUT2D eigenvalue weighted by Crippen LogP contribution is -1.92. The van der Waals surface area contributed by atoms with Crippen LogP contribution in [0.3, 0.4) is 0 Å². The summed E-state index contributed by atoms with van der Waals surface area (Å²) in [6.07, 6.45) is 0.872. The lowest BCUT2D eigenvalue weighted by molar-refractivity contribution is 0.112. The Labute approximate surface area is 101 Å². The molecule has 86 valence electrons. The van der Waals surface area contributed by atoms with Crippen molar-refractivity contribution in [1.82, 2.24) is 0 Å². The number of methoxy groups -OCH3 is 1. The first-order valence-corrected chi connectivity index (χ1v) is 5.45. The van der Waals surface area contributed by atoms with E-state index in [4.69, 9.17) is 4.74 Å². The monoisotopic (exact) mass is 226 g/mol. The molecule has 0 fully saturated rings. The van der Waals surface area contributed by atoms with Crippen LogP contribution in [0.2, 0.25) is 0 Å². The molecule has 0 saturated heterocycles. The number of rotatable bonds is 3. The highest BCUT2D eigenvalue weighted by Crippen LogP contribution is 2.32. The molecule has 2 heteroatoms. The minimum Gasteiger partial charge on any atom is -0.496 e. The van der Waals surface area contributed by atoms with Crippen LogP contribution in [0, 0.1) is 6.92 Å². The molecular weight excluding hydrogens is 212 g/mol. The Balaban J connectivity index is 2.66. The van der Waals surface area contributed by atoms with E-state index in [0.29, 0.717) is 5.56 Å². The molecule has 0 aliphatic carbocycles. The molecule has 2 aromatic carbocycles. The third kappa shape index (κ3) is 2.21. The Kier molecular flexibility index (Phi) is 3.24. The van der Waals surface area contributed by atoms with Gasteiger partial charge in [-0.25, -0.2) is 0 Å². The van der Waals surface area contributed by atoms with Crippen LogP contribution in [0.1, 0.15) is 15.9 Å². The van der Waals surface area contributed by atoms with Gasteiger partial charge in [-0.3, -0.25) is 4.79 Å². The summed E-state index contributed by atoms with van der Waals surface area (Å²) in [5.74, 6) is 0.782. The molecule has 0 aliphatic rings. The summed E-state index contributed by atoms with van der Waals surface area (Å²) in [6.45, 7) is 2.02. The number of hydrogen-bond donors (Lipinski definition) is 0. The van der Waals surface area contributed by atoms with E-state index in [0.717, 1.165) is 28.7 Å². The highest BCUT2D eigenvalue weighted by atomic mass is 16.5. The fourth-order valence-corrected chi connectivity index (χ4v) is 1.88. The van der Waals surface area contributed by atoms with Crippen molar-refractivity contribution in [2.45, 2.75) is 6.92 Å². The Bertz CT molecular complexity index is 544. The van der Waals surface area contributed by atoms with Gasteiger partial charge in [0.1, 0.15) is 5.75 Å². The van der Waals surface area contributed by atoms with Crippen molar-refractivity contribution >= 4 is 6.29 Å². The van der Waals surface area contributed by atoms with Crippen LogP contribution in [0.15, 0.2) is 42.5 Å². The second-order valence-corrected chi connectivity index (χ2v) is 3.91. The van der Waals surface area contributed by atoms with Gasteiger partial charge in [-0.05, 0) is 24.6 Å². The van der Waals surface area contributed by atoms with Gasteiger partial charge >= 0.3 is 0 Å². The van der Waals surface area contributed by atoms with Crippen LogP contribution in [0.25, 0.3) is 11.1 Å². The quantitative estimate of drug-likeness (QED) is 0.749. The first-order valence-electron chi connectivity index (χ1n) is 5.45. The van der Waals surface area contributed by atoms with E-state index in [1.165, 1.54) is 0 Å². The van der Waals surface area contributed by atoms with Crippen LogP contribution >= 0.6 is 0 Å². The lowest BCUT2D eigenvalue weighted by atomic mass is 9.98. The molecule has 2 aromatic rings. The van der Waals surface area contributed by atoms with E-state index in [2.05, 4.69) is 0 Å². The zero-order valence-electron chi connectivity index (χ0n) is 9.94. The Morgan fingerprint density at radius 2 is 1.82 bits per heavy atom. The second kappa shape index (κ2) is 4.83. The largest absolute Gasteiger partial charge is 0.496 e. The molecule has 0 aromatic heterocycles. The molecule has 17 heavy (non-hydrogen) atoms. The summed E-state index contributed by atoms with van der Waals surface area (Å²) in [5, 5.41) is 0. The van der Waals surface area contributed by atoms with Crippen LogP contribution in [0.4, 0.5) is 0 Å². The molecule has 2 nitrogen and oxygen atoms in total. The van der Waals surface area contributed by atoms with E-state index >= 15 is 0 Å². The summed E-state index contributed by atoms with van der Waals surface area (Å²) >= 11 is 0. The van der Waals surface area contributed by atoms with E-state index in [1.807, 2.05) is 49.4 Å². The predicted octanol–water partition coefficient (Wildman–Crippen LogP) is 3.48. The molecule has 0 aliphatic heterocycles. The SMILES string of the molecule is COc1ccc(C)cc1-c1ccccc1C=O. The Hall–Kier alpha value is -2.09. The van der Waals surface area contributed by atoms with Gasteiger partial charge in [0, 0.05) is 11.1 Å². The number of hydrogen-bond acceptors (Lipinski definition) is 2. The van der Waals surface area contributed by atoms with Gasteiger partial charge in [0.2, 0.25) is 0 Å². The highest BCUT2D eigenvalue weighted by molar-refractivity contribution is 5.89. The summed E-state index contributed by atoms with van der Waals surface area (Å²) in [4.78, 5) is 11.0. The number of carbonyl (C=O) groups is 1. The van der Waals surface area contributed by atoms with Crippen molar-refractivity contribution in [1.29, 1.82) is 0 Å². The molecule has 0 spiro atoms. The zero-order chi connectivity index (χ0) is 12.3. The standard InChI is InChI=1S/C15H14O2/c1-11-7-8-15(17-2)14(9-11)13-6-4-3-5-12(13)10-16/h3-10H,1-2H3. The molecule has 0 atom stereocenters. The van der Waals surface area contributed by atoms with Crippen molar-refractivity contribution < 1.29 is 9.53 Å². The molecule has 0 N–H and O–H groups in total. The summed E-state index contributed by atoms with van der Waals surface area (Å²) in [5.41, 5.74) is 3.68. The maximum absolute atomic E-state index is 11.0. The van der Waals surface area contributed by atoms with Crippen molar-refractivity contribution in [3.8, 4) is 16.9 Å². The van der Waals surface area contributed by atoms with Crippen LogP contribution < -0.4 is 4.74 Å². The van der Waals surface area contributed by atoms with Crippen molar-refractivity contribution in [3.63, 3.8) is 0 Å². The predicted molar refractivity (Wildman–Crippen MR) is 68.6 cm³/mol. The molecule has 0 radical (unpaired) electrons. The van der Waals surface area contributed by atoms with Gasteiger partial charge in [0.25, 0.3) is 0 Å². The van der Waals surface area contributed by atoms with Gasteiger partial charge < -0.3 is 4.74 Å². The Morgan fingerprint density at radius 3 is 2.53 bits per heavy atom. The summed E-state index contributed by atoms with van der Waals surface area (Å²) in [7, 11) is 1.64. The fourth-order valence-electron chi connectivity index (χ4n) is 1.88. The fraction of sp³-hybridized carbons (Fsp3) is 0.133.